The van der Waals surface area contributed by atoms with Crippen molar-refractivity contribution in [3.05, 3.63) is 29.3 Å². The summed E-state index contributed by atoms with van der Waals surface area (Å²) in [7, 11) is -3.57. The van der Waals surface area contributed by atoms with Crippen molar-refractivity contribution < 1.29 is 56.7 Å². The summed E-state index contributed by atoms with van der Waals surface area (Å²) >= 11 is 2.42. The summed E-state index contributed by atoms with van der Waals surface area (Å²) in [6, 6.07) is 3.49. The van der Waals surface area contributed by atoms with E-state index in [9.17, 15) is 9.90 Å². The first-order chi connectivity index (χ1) is 25.4. The maximum atomic E-state index is 13.6. The molecule has 19 heteroatoms. The van der Waals surface area contributed by atoms with E-state index in [1.165, 1.54) is 25.1 Å². The molecule has 44 heavy (non-hydrogen) atoms. The number of hydrogen-bond acceptors (Lipinski definition) is 15. The standard InChI is InChI=1S/C25H38B3NO12S3/c1-11(24(34)29-16-17(31)18(32)22-23(36-10-35-22)21(16)41-44-9-28)4-12-2-3-13(14(5-12)39-42-7-26)37-25-19(33)20(40-43-8-27)15(6-30)38-25/h2-5,15-23,25,30-33H,6-10,26-28H2,1H3,(H,29,34)/b11-4+/t15-,16-,17+,18-,19+,20-,21-,22-,23+,25-/m1/s1/i26TD,27TD,28TD,31T,32T,33T. The molecule has 1 amide bonds. The topological polar surface area (TPSA) is 175 Å². The number of aliphatic hydroxyl groups excluding tert-OH is 4. The van der Waals surface area contributed by atoms with Gasteiger partial charge >= 0.3 is 0 Å². The Hall–Kier alpha value is -1.09. The van der Waals surface area contributed by atoms with Crippen LogP contribution in [0.4, 0.5) is 0 Å². The Kier molecular flexibility index (Phi) is 9.76. The van der Waals surface area contributed by atoms with Gasteiger partial charge in [-0.3, -0.25) is 4.79 Å². The van der Waals surface area contributed by atoms with Crippen LogP contribution in [0.25, 0.3) is 6.08 Å². The van der Waals surface area contributed by atoms with Gasteiger partial charge in [-0.25, -0.2) is 0 Å². The zero-order chi connectivity index (χ0) is 38.7. The van der Waals surface area contributed by atoms with Gasteiger partial charge < -0.3 is 57.2 Å². The van der Waals surface area contributed by atoms with Crippen molar-refractivity contribution >= 4 is 71.4 Å². The predicted molar refractivity (Wildman–Crippen MR) is 174 cm³/mol. The third-order valence-corrected chi connectivity index (χ3v) is 8.35. The highest BCUT2D eigenvalue weighted by molar-refractivity contribution is 7.96. The van der Waals surface area contributed by atoms with Crippen molar-refractivity contribution in [3.63, 3.8) is 0 Å². The maximum Gasteiger partial charge on any atom is 0.247 e. The molecule has 3 aliphatic rings. The van der Waals surface area contributed by atoms with E-state index in [2.05, 4.69) is 5.32 Å². The molecular formula is C25H38B3NO12S3. The molecule has 2 heterocycles. The Labute approximate surface area is 284 Å². The molecule has 10 atom stereocenters. The fraction of sp³-hybridized carbons (Fsp3) is 0.640. The van der Waals surface area contributed by atoms with Gasteiger partial charge in [-0.2, -0.15) is 0 Å². The molecule has 0 aromatic heterocycles. The number of carbonyl (C=O) groups is 1. The van der Waals surface area contributed by atoms with Gasteiger partial charge in [0, 0.05) is 23.3 Å². The van der Waals surface area contributed by atoms with Crippen molar-refractivity contribution in [2.45, 2.75) is 68.1 Å². The summed E-state index contributed by atoms with van der Waals surface area (Å²) in [5.74, 6) is -0.432. The van der Waals surface area contributed by atoms with Crippen LogP contribution in [0, 0.1) is 0 Å². The number of amides is 1. The number of benzene rings is 1. The van der Waals surface area contributed by atoms with Crippen molar-refractivity contribution in [2.75, 3.05) is 30.4 Å². The van der Waals surface area contributed by atoms with E-state index in [0.29, 0.717) is 5.56 Å². The van der Waals surface area contributed by atoms with Gasteiger partial charge in [0.1, 0.15) is 78.9 Å². The third-order valence-electron chi connectivity index (χ3n) is 6.93. The quantitative estimate of drug-likeness (QED) is 0.0516. The first-order valence-electron chi connectivity index (χ1n) is 18.2. The molecule has 1 aliphatic carbocycles. The molecule has 242 valence electrons. The van der Waals surface area contributed by atoms with Gasteiger partial charge in [0.2, 0.25) is 16.5 Å². The summed E-state index contributed by atoms with van der Waals surface area (Å²) < 4.78 is 108. The molecule has 2 saturated heterocycles. The Morgan fingerprint density at radius 3 is 2.55 bits per heavy atom. The molecule has 0 radical (unpaired) electrons. The van der Waals surface area contributed by atoms with Gasteiger partial charge in [-0.05, 0) is 74.1 Å². The number of rotatable bonds is 21. The fourth-order valence-electron chi connectivity index (χ4n) is 4.88. The lowest BCUT2D eigenvalue weighted by Crippen LogP contribution is -2.67. The zero-order valence-corrected chi connectivity index (χ0v) is 26.0. The van der Waals surface area contributed by atoms with Gasteiger partial charge in [-0.15, -0.1) is 0 Å². The molecule has 1 aromatic rings. The van der Waals surface area contributed by atoms with Crippen molar-refractivity contribution in [2.24, 2.45) is 0 Å². The SMILES string of the molecule is [2H]B([3H])CSOc1cc(/C=C(\C)C(=O)N[C@H]2[C@@H](OSCB([2H])[3H])[C@@H]3OCO[C@@H]3[C@H](O[3H])[C@H]2O[3H])ccc1O[C@@H]1O[C@H](CO)[C@@H](OSCB([2H])[3H])[C@@H]1O[3H]. The molecule has 13 nitrogen and oxygen atoms in total. The van der Waals surface area contributed by atoms with E-state index in [1.807, 2.05) is 0 Å². The normalized spacial score (nSPS) is 36.1. The average Bonchev–Trinajstić information content (AvgIpc) is 3.73. The molecule has 1 saturated carbocycles. The van der Waals surface area contributed by atoms with Gasteiger partial charge in [0.25, 0.3) is 0 Å². The molecule has 0 bridgehead atoms. The Morgan fingerprint density at radius 2 is 1.82 bits per heavy atom. The van der Waals surface area contributed by atoms with Crippen LogP contribution in [0.2, 0.25) is 0 Å². The molecule has 4 rings (SSSR count). The van der Waals surface area contributed by atoms with E-state index < -0.39 is 97.0 Å². The van der Waals surface area contributed by atoms with E-state index in [0.717, 1.165) is 36.1 Å². The zero-order valence-electron chi connectivity index (χ0n) is 32.5. The number of ether oxygens (including phenoxy) is 4. The predicted octanol–water partition coefficient (Wildman–Crippen LogP) is -2.63. The minimum Gasteiger partial charge on any atom is -0.458 e. The van der Waals surface area contributed by atoms with Crippen molar-refractivity contribution in [1.82, 2.24) is 5.32 Å². The van der Waals surface area contributed by atoms with E-state index >= 15 is 0 Å². The summed E-state index contributed by atoms with van der Waals surface area (Å²) in [5, 5.41) is 27.3. The summed E-state index contributed by atoms with van der Waals surface area (Å²) in [5.41, 5.74) is 0.556. The number of fused-ring (bicyclic) bond motifs is 1. The number of carbonyl (C=O) groups excluding carboxylic acids is 1. The van der Waals surface area contributed by atoms with Crippen molar-refractivity contribution in [1.29, 1.82) is 12.3 Å². The number of aliphatic hydroxyl groups is 4. The highest BCUT2D eigenvalue weighted by Crippen LogP contribution is 2.37. The molecule has 0 spiro atoms. The van der Waals surface area contributed by atoms with Crippen LogP contribution in [0.15, 0.2) is 23.8 Å². The van der Waals surface area contributed by atoms with Crippen molar-refractivity contribution in [3.8, 4) is 11.5 Å². The largest absolute Gasteiger partial charge is 0.458 e. The Balaban J connectivity index is 1.55. The van der Waals surface area contributed by atoms with Crippen LogP contribution >= 0.6 is 36.1 Å². The second-order valence-corrected chi connectivity index (χ2v) is 12.0. The summed E-state index contributed by atoms with van der Waals surface area (Å²) in [4.78, 5) is 13.6. The maximum absolute atomic E-state index is 13.6. The van der Waals surface area contributed by atoms with Crippen LogP contribution in [0.3, 0.4) is 0 Å². The van der Waals surface area contributed by atoms with Crippen LogP contribution in [-0.4, -0.2) is 153 Å². The van der Waals surface area contributed by atoms with Gasteiger partial charge in [0.05, 0.1) is 12.6 Å². The van der Waals surface area contributed by atoms with Crippen LogP contribution in [0.5, 0.6) is 11.5 Å². The molecule has 1 aromatic carbocycles. The fourth-order valence-corrected chi connectivity index (χ4v) is 6.14. The lowest BCUT2D eigenvalue weighted by atomic mass is 9.83. The van der Waals surface area contributed by atoms with E-state index in [1.54, 1.807) is 6.07 Å². The molecule has 2 aliphatic heterocycles. The number of hydrogen-bond donors (Lipinski definition) is 5. The smallest absolute Gasteiger partial charge is 0.247 e. The van der Waals surface area contributed by atoms with Crippen LogP contribution < -0.4 is 14.2 Å². The van der Waals surface area contributed by atoms with E-state index in [4.69, 9.17) is 59.1 Å². The monoisotopic (exact) mass is 688 g/mol. The Bertz CT molecular complexity index is 1350. The summed E-state index contributed by atoms with van der Waals surface area (Å²) in [6.07, 6.45) is -7.90. The first-order valence-corrected chi connectivity index (χ1v) is 16.2. The first kappa shape index (κ1) is 25.0. The number of nitrogens with one attached hydrogen (secondary N) is 1. The molecule has 5 N–H and O–H groups in total. The Morgan fingerprint density at radius 1 is 1.09 bits per heavy atom. The highest BCUT2D eigenvalue weighted by atomic mass is 32.2. The lowest BCUT2D eigenvalue weighted by Gasteiger charge is -2.43. The van der Waals surface area contributed by atoms with Gasteiger partial charge in [-0.1, -0.05) is 6.07 Å². The average molecular weight is 688 g/mol. The van der Waals surface area contributed by atoms with Gasteiger partial charge in [0.15, 0.2) is 11.5 Å². The minimum atomic E-state index is -1.27. The second kappa shape index (κ2) is 17.2. The molecular weight excluding hydrogens is 635 g/mol. The third kappa shape index (κ3) is 8.43. The lowest BCUT2D eigenvalue weighted by molar-refractivity contribution is -0.147. The summed E-state index contributed by atoms with van der Waals surface area (Å²) in [6.45, 7) is 0.852. The molecule has 3 fully saturated rings. The highest BCUT2D eigenvalue weighted by Gasteiger charge is 2.55. The van der Waals surface area contributed by atoms with E-state index in [-0.39, 0.29) is 40.8 Å². The van der Waals surface area contributed by atoms with Crippen LogP contribution in [0.1, 0.15) is 12.5 Å². The van der Waals surface area contributed by atoms with Crippen LogP contribution in [-0.2, 0) is 27.4 Å². The minimum absolute atomic E-state index is 0.00351. The molecule has 0 unspecified atom stereocenters. The second-order valence-electron chi connectivity index (χ2n) is 9.71.